The number of fused-ring (bicyclic) bond motifs is 2. The molecule has 3 aromatic rings. The molecule has 0 radical (unpaired) electrons. The lowest BCUT2D eigenvalue weighted by molar-refractivity contribution is -0.155. The number of carbonyl (C=O) groups excluding carboxylic acids is 3. The third kappa shape index (κ3) is 6.53. The molecule has 2 unspecified atom stereocenters. The molecule has 214 valence electrons. The van der Waals surface area contributed by atoms with Crippen molar-refractivity contribution in [3.8, 4) is 11.5 Å². The number of hydrogen-bond acceptors (Lipinski definition) is 6. The van der Waals surface area contributed by atoms with Gasteiger partial charge in [0.2, 0.25) is 5.91 Å². The van der Waals surface area contributed by atoms with Gasteiger partial charge < -0.3 is 29.4 Å². The number of rotatable bonds is 8. The Kier molecular flexibility index (Phi) is 8.63. The van der Waals surface area contributed by atoms with Crippen LogP contribution in [0.15, 0.2) is 42.6 Å². The van der Waals surface area contributed by atoms with E-state index in [-0.39, 0.29) is 24.9 Å². The van der Waals surface area contributed by atoms with Crippen LogP contribution in [0, 0.1) is 5.92 Å². The van der Waals surface area contributed by atoms with Gasteiger partial charge >= 0.3 is 5.97 Å². The van der Waals surface area contributed by atoms with Gasteiger partial charge in [-0.25, -0.2) is 0 Å². The van der Waals surface area contributed by atoms with E-state index in [1.807, 2.05) is 38.2 Å². The Morgan fingerprint density at radius 3 is 2.60 bits per heavy atom. The summed E-state index contributed by atoms with van der Waals surface area (Å²) >= 11 is 6.35. The second-order valence-corrected chi connectivity index (χ2v) is 11.6. The molecular weight excluding hydrogens is 534 g/mol. The van der Waals surface area contributed by atoms with Crippen molar-refractivity contribution in [2.24, 2.45) is 5.92 Å². The monoisotopic (exact) mass is 569 g/mol. The van der Waals surface area contributed by atoms with Crippen LogP contribution in [-0.2, 0) is 25.5 Å². The predicted molar refractivity (Wildman–Crippen MR) is 153 cm³/mol. The number of benzene rings is 2. The summed E-state index contributed by atoms with van der Waals surface area (Å²) in [7, 11) is 1.61. The first-order valence-corrected chi connectivity index (χ1v) is 13.7. The van der Waals surface area contributed by atoms with Crippen LogP contribution in [0.4, 0.5) is 0 Å². The van der Waals surface area contributed by atoms with E-state index in [0.29, 0.717) is 22.8 Å². The van der Waals surface area contributed by atoms with E-state index in [0.717, 1.165) is 22.2 Å². The number of aromatic nitrogens is 1. The molecule has 0 spiro atoms. The van der Waals surface area contributed by atoms with Gasteiger partial charge in [0.05, 0.1) is 7.11 Å². The molecule has 0 aliphatic carbocycles. The number of amides is 2. The normalized spacial score (nSPS) is 17.3. The van der Waals surface area contributed by atoms with Crippen molar-refractivity contribution >= 4 is 40.3 Å². The smallest absolute Gasteiger partial charge is 0.325 e. The number of methoxy groups -OCH3 is 1. The van der Waals surface area contributed by atoms with Crippen LogP contribution >= 0.6 is 11.6 Å². The highest BCUT2D eigenvalue weighted by Crippen LogP contribution is 2.38. The molecule has 0 saturated heterocycles. The number of nitrogens with zero attached hydrogens (tertiary/aromatic N) is 1. The fourth-order valence-corrected chi connectivity index (χ4v) is 4.98. The summed E-state index contributed by atoms with van der Waals surface area (Å²) < 4.78 is 16.9. The summed E-state index contributed by atoms with van der Waals surface area (Å²) in [6.07, 6.45) is 1.53. The van der Waals surface area contributed by atoms with Gasteiger partial charge in [-0.3, -0.25) is 14.4 Å². The van der Waals surface area contributed by atoms with Gasteiger partial charge in [0.15, 0.2) is 6.10 Å². The van der Waals surface area contributed by atoms with Crippen molar-refractivity contribution < 1.29 is 28.6 Å². The van der Waals surface area contributed by atoms with Gasteiger partial charge in [0.1, 0.15) is 29.7 Å². The van der Waals surface area contributed by atoms with Crippen molar-refractivity contribution in [1.82, 2.24) is 15.2 Å². The molecular formula is C30H36ClN3O6. The zero-order chi connectivity index (χ0) is 29.2. The minimum absolute atomic E-state index is 0.167. The lowest BCUT2D eigenvalue weighted by Crippen LogP contribution is -2.49. The summed E-state index contributed by atoms with van der Waals surface area (Å²) in [6, 6.07) is 9.63. The number of carbonyl (C=O) groups is 3. The molecule has 2 amide bonds. The molecule has 9 nitrogen and oxygen atoms in total. The first-order chi connectivity index (χ1) is 18.9. The lowest BCUT2D eigenvalue weighted by atomic mass is 10.0. The van der Waals surface area contributed by atoms with Crippen LogP contribution in [0.2, 0.25) is 5.02 Å². The van der Waals surface area contributed by atoms with Crippen LogP contribution in [0.25, 0.3) is 10.9 Å². The third-order valence-corrected chi connectivity index (χ3v) is 6.87. The molecule has 2 aromatic carbocycles. The third-order valence-electron chi connectivity index (χ3n) is 6.64. The van der Waals surface area contributed by atoms with Crippen molar-refractivity contribution in [2.45, 2.75) is 58.8 Å². The fraction of sp³-hybridized carbons (Fsp3) is 0.433. The Balaban J connectivity index is 1.70. The topological polar surface area (TPSA) is 110 Å². The number of H-pyrrole nitrogens is 1. The lowest BCUT2D eigenvalue weighted by Gasteiger charge is -2.31. The Morgan fingerprint density at radius 1 is 1.18 bits per heavy atom. The average Bonchev–Trinajstić information content (AvgIpc) is 3.24. The largest absolute Gasteiger partial charge is 0.497 e. The van der Waals surface area contributed by atoms with Gasteiger partial charge in [-0.15, -0.1) is 0 Å². The highest BCUT2D eigenvalue weighted by atomic mass is 35.5. The highest BCUT2D eigenvalue weighted by Gasteiger charge is 2.42. The van der Waals surface area contributed by atoms with Crippen LogP contribution in [0.5, 0.6) is 11.5 Å². The molecule has 1 aliphatic heterocycles. The van der Waals surface area contributed by atoms with E-state index in [1.165, 1.54) is 4.90 Å². The van der Waals surface area contributed by atoms with Crippen LogP contribution in [0.3, 0.4) is 0 Å². The zero-order valence-corrected chi connectivity index (χ0v) is 24.4. The summed E-state index contributed by atoms with van der Waals surface area (Å²) in [5, 5.41) is 4.03. The van der Waals surface area contributed by atoms with E-state index >= 15 is 0 Å². The summed E-state index contributed by atoms with van der Waals surface area (Å²) in [5.41, 5.74) is 1.65. The number of hydrogen-bond donors (Lipinski definition) is 2. The van der Waals surface area contributed by atoms with Gasteiger partial charge in [-0.05, 0) is 75.1 Å². The van der Waals surface area contributed by atoms with Crippen LogP contribution < -0.4 is 14.8 Å². The number of esters is 1. The SMILES string of the molecule is COc1ccc2[nH]cc(CCN3C(=O)C(C(C)C)Oc4ccc(Cl)cc4C3C(=O)NCC(=O)OC(C)(C)C)c2c1. The van der Waals surface area contributed by atoms with Crippen molar-refractivity contribution in [2.75, 3.05) is 20.2 Å². The molecule has 10 heteroatoms. The maximum absolute atomic E-state index is 14.0. The molecule has 2 heterocycles. The van der Waals surface area contributed by atoms with Crippen molar-refractivity contribution in [3.63, 3.8) is 0 Å². The Hall–Kier alpha value is -3.72. The first kappa shape index (κ1) is 29.3. The molecule has 4 rings (SSSR count). The Morgan fingerprint density at radius 2 is 1.93 bits per heavy atom. The molecule has 0 fully saturated rings. The van der Waals surface area contributed by atoms with Crippen LogP contribution in [0.1, 0.15) is 51.8 Å². The van der Waals surface area contributed by atoms with Crippen LogP contribution in [-0.4, -0.2) is 59.6 Å². The average molecular weight is 570 g/mol. The second kappa shape index (κ2) is 11.8. The highest BCUT2D eigenvalue weighted by molar-refractivity contribution is 6.30. The standard InChI is InChI=1S/C30H36ClN3O6/c1-17(2)27-29(37)34(12-11-18-15-32-23-9-8-20(38-6)14-21(18)23)26(22-13-19(31)7-10-24(22)39-27)28(36)33-16-25(35)40-30(3,4)5/h7-10,13-15,17,26-27,32H,11-12,16H2,1-6H3,(H,33,36). The second-order valence-electron chi connectivity index (χ2n) is 11.2. The van der Waals surface area contributed by atoms with Gasteiger partial charge in [0, 0.05) is 34.2 Å². The molecule has 1 aliphatic rings. The summed E-state index contributed by atoms with van der Waals surface area (Å²) in [4.78, 5) is 44.9. The van der Waals surface area contributed by atoms with Gasteiger partial charge in [-0.1, -0.05) is 25.4 Å². The summed E-state index contributed by atoms with van der Waals surface area (Å²) in [5.74, 6) is -0.487. The van der Waals surface area contributed by atoms with E-state index in [2.05, 4.69) is 10.3 Å². The fourth-order valence-electron chi connectivity index (χ4n) is 4.80. The quantitative estimate of drug-likeness (QED) is 0.377. The van der Waals surface area contributed by atoms with E-state index in [4.69, 9.17) is 25.8 Å². The van der Waals surface area contributed by atoms with E-state index in [9.17, 15) is 14.4 Å². The minimum Gasteiger partial charge on any atom is -0.497 e. The molecule has 0 bridgehead atoms. The zero-order valence-electron chi connectivity index (χ0n) is 23.7. The maximum Gasteiger partial charge on any atom is 0.325 e. The molecule has 2 N–H and O–H groups in total. The number of nitrogens with one attached hydrogen (secondary N) is 2. The van der Waals surface area contributed by atoms with E-state index < -0.39 is 29.6 Å². The number of aromatic amines is 1. The Bertz CT molecular complexity index is 1410. The maximum atomic E-state index is 14.0. The van der Waals surface area contributed by atoms with Crippen molar-refractivity contribution in [3.05, 3.63) is 58.7 Å². The van der Waals surface area contributed by atoms with Gasteiger partial charge in [-0.2, -0.15) is 0 Å². The minimum atomic E-state index is -1.08. The summed E-state index contributed by atoms with van der Waals surface area (Å²) in [6.45, 7) is 8.91. The Labute approximate surface area is 239 Å². The molecule has 0 saturated carbocycles. The van der Waals surface area contributed by atoms with E-state index in [1.54, 1.807) is 46.1 Å². The van der Waals surface area contributed by atoms with Gasteiger partial charge in [0.25, 0.3) is 5.91 Å². The number of ether oxygens (including phenoxy) is 3. The molecule has 40 heavy (non-hydrogen) atoms. The molecule has 2 atom stereocenters. The number of halogens is 1. The molecule has 1 aromatic heterocycles. The van der Waals surface area contributed by atoms with Crippen molar-refractivity contribution in [1.29, 1.82) is 0 Å². The first-order valence-electron chi connectivity index (χ1n) is 13.3. The predicted octanol–water partition coefficient (Wildman–Crippen LogP) is 4.82.